The van der Waals surface area contributed by atoms with Crippen molar-refractivity contribution in [2.75, 3.05) is 6.54 Å². The molecule has 1 saturated carbocycles. The van der Waals surface area contributed by atoms with Crippen molar-refractivity contribution in [1.29, 1.82) is 0 Å². The summed E-state index contributed by atoms with van der Waals surface area (Å²) in [5.41, 5.74) is 0. The molecule has 86 valence electrons. The molecule has 0 N–H and O–H groups in total. The molecule has 1 aromatic heterocycles. The molecule has 2 fully saturated rings. The van der Waals surface area contributed by atoms with E-state index < -0.39 is 0 Å². The maximum atomic E-state index is 12.3. The summed E-state index contributed by atoms with van der Waals surface area (Å²) in [5, 5.41) is 1.99. The van der Waals surface area contributed by atoms with Crippen molar-refractivity contribution in [3.05, 3.63) is 22.4 Å². The second-order valence-electron chi connectivity index (χ2n) is 4.88. The van der Waals surface area contributed by atoms with Gasteiger partial charge in [0.15, 0.2) is 0 Å². The van der Waals surface area contributed by atoms with Gasteiger partial charge in [-0.25, -0.2) is 0 Å². The molecule has 2 aliphatic rings. The van der Waals surface area contributed by atoms with Gasteiger partial charge in [0.05, 0.1) is 4.88 Å². The molecule has 1 aliphatic carbocycles. The lowest BCUT2D eigenvalue weighted by Gasteiger charge is -2.36. The Balaban J connectivity index is 1.75. The van der Waals surface area contributed by atoms with Crippen molar-refractivity contribution < 1.29 is 4.79 Å². The van der Waals surface area contributed by atoms with Crippen LogP contribution in [0, 0.1) is 5.92 Å². The number of likely N-dealkylation sites (tertiary alicyclic amines) is 1. The molecule has 1 aromatic rings. The van der Waals surface area contributed by atoms with E-state index in [9.17, 15) is 4.79 Å². The highest BCUT2D eigenvalue weighted by Crippen LogP contribution is 2.37. The Morgan fingerprint density at radius 1 is 1.31 bits per heavy atom. The predicted molar refractivity (Wildman–Crippen MR) is 65.7 cm³/mol. The zero-order valence-corrected chi connectivity index (χ0v) is 10.2. The standard InChI is InChI=1S/C13H17NOS/c15-13(12-7-3-9-16-12)14-8-2-6-11(14)10-4-1-5-10/h3,7,9-11H,1-2,4-6,8H2. The lowest BCUT2D eigenvalue weighted by molar-refractivity contribution is 0.0631. The van der Waals surface area contributed by atoms with Crippen LogP contribution < -0.4 is 0 Å². The Hall–Kier alpha value is -0.830. The van der Waals surface area contributed by atoms with Gasteiger partial charge in [-0.2, -0.15) is 0 Å². The van der Waals surface area contributed by atoms with E-state index in [1.54, 1.807) is 11.3 Å². The smallest absolute Gasteiger partial charge is 0.264 e. The molecule has 0 bridgehead atoms. The third-order valence-electron chi connectivity index (χ3n) is 3.99. The summed E-state index contributed by atoms with van der Waals surface area (Å²) in [6.07, 6.45) is 6.44. The third-order valence-corrected chi connectivity index (χ3v) is 4.84. The quantitative estimate of drug-likeness (QED) is 0.771. The first-order valence-corrected chi connectivity index (χ1v) is 7.09. The first-order valence-electron chi connectivity index (χ1n) is 6.21. The first kappa shape index (κ1) is 10.3. The van der Waals surface area contributed by atoms with Gasteiger partial charge in [-0.3, -0.25) is 4.79 Å². The lowest BCUT2D eigenvalue weighted by atomic mass is 9.79. The molecule has 1 unspecified atom stereocenters. The fourth-order valence-corrected chi connectivity index (χ4v) is 3.58. The fourth-order valence-electron chi connectivity index (χ4n) is 2.90. The van der Waals surface area contributed by atoms with Gasteiger partial charge in [0.25, 0.3) is 5.91 Å². The van der Waals surface area contributed by atoms with Crippen molar-refractivity contribution in [1.82, 2.24) is 4.90 Å². The van der Waals surface area contributed by atoms with Crippen LogP contribution in [0.2, 0.25) is 0 Å². The third kappa shape index (κ3) is 1.67. The molecule has 1 saturated heterocycles. The van der Waals surface area contributed by atoms with E-state index in [0.29, 0.717) is 6.04 Å². The van der Waals surface area contributed by atoms with Crippen LogP contribution >= 0.6 is 11.3 Å². The van der Waals surface area contributed by atoms with Crippen molar-refractivity contribution in [2.45, 2.75) is 38.1 Å². The maximum absolute atomic E-state index is 12.3. The second kappa shape index (κ2) is 4.21. The minimum absolute atomic E-state index is 0.268. The predicted octanol–water partition coefficient (Wildman–Crippen LogP) is 3.15. The molecule has 1 aliphatic heterocycles. The lowest BCUT2D eigenvalue weighted by Crippen LogP contribution is -2.42. The van der Waals surface area contributed by atoms with E-state index in [-0.39, 0.29) is 5.91 Å². The molecular formula is C13H17NOS. The molecule has 0 aromatic carbocycles. The summed E-state index contributed by atoms with van der Waals surface area (Å²) in [6, 6.07) is 4.46. The van der Waals surface area contributed by atoms with Crippen LogP contribution in [0.4, 0.5) is 0 Å². The van der Waals surface area contributed by atoms with Gasteiger partial charge in [0.1, 0.15) is 0 Å². The largest absolute Gasteiger partial charge is 0.335 e. The van der Waals surface area contributed by atoms with Gasteiger partial charge in [0.2, 0.25) is 0 Å². The number of rotatable bonds is 2. The SMILES string of the molecule is O=C(c1cccs1)N1CCCC1C1CCC1. The minimum atomic E-state index is 0.268. The molecule has 0 radical (unpaired) electrons. The van der Waals surface area contributed by atoms with Gasteiger partial charge in [-0.1, -0.05) is 12.5 Å². The number of hydrogen-bond acceptors (Lipinski definition) is 2. The molecule has 3 heteroatoms. The zero-order valence-electron chi connectivity index (χ0n) is 9.39. The Morgan fingerprint density at radius 3 is 2.81 bits per heavy atom. The first-order chi connectivity index (χ1) is 7.86. The van der Waals surface area contributed by atoms with Gasteiger partial charge < -0.3 is 4.90 Å². The van der Waals surface area contributed by atoms with Crippen LogP contribution in [0.15, 0.2) is 17.5 Å². The molecule has 1 amide bonds. The molecule has 0 spiro atoms. The highest BCUT2D eigenvalue weighted by molar-refractivity contribution is 7.12. The number of nitrogens with zero attached hydrogens (tertiary/aromatic N) is 1. The minimum Gasteiger partial charge on any atom is -0.335 e. The summed E-state index contributed by atoms with van der Waals surface area (Å²) in [4.78, 5) is 15.3. The monoisotopic (exact) mass is 235 g/mol. The van der Waals surface area contributed by atoms with Crippen molar-refractivity contribution in [2.24, 2.45) is 5.92 Å². The zero-order chi connectivity index (χ0) is 11.0. The van der Waals surface area contributed by atoms with Crippen LogP contribution in [-0.2, 0) is 0 Å². The Bertz CT molecular complexity index is 369. The normalized spacial score (nSPS) is 25.8. The molecular weight excluding hydrogens is 218 g/mol. The number of thiophene rings is 1. The summed E-state index contributed by atoms with van der Waals surface area (Å²) in [5.74, 6) is 1.07. The molecule has 3 rings (SSSR count). The second-order valence-corrected chi connectivity index (χ2v) is 5.82. The topological polar surface area (TPSA) is 20.3 Å². The number of hydrogen-bond donors (Lipinski definition) is 0. The molecule has 2 heterocycles. The van der Waals surface area contributed by atoms with E-state index in [2.05, 4.69) is 4.90 Å². The van der Waals surface area contributed by atoms with E-state index in [1.165, 1.54) is 32.1 Å². The Kier molecular flexibility index (Phi) is 2.72. The fraction of sp³-hybridized carbons (Fsp3) is 0.615. The maximum Gasteiger partial charge on any atom is 0.264 e. The molecule has 16 heavy (non-hydrogen) atoms. The van der Waals surface area contributed by atoms with Gasteiger partial charge in [0, 0.05) is 12.6 Å². The summed E-state index contributed by atoms with van der Waals surface area (Å²) in [6.45, 7) is 0.970. The Morgan fingerprint density at radius 2 is 2.19 bits per heavy atom. The average Bonchev–Trinajstić information content (AvgIpc) is 2.84. The van der Waals surface area contributed by atoms with Crippen molar-refractivity contribution in [3.8, 4) is 0 Å². The van der Waals surface area contributed by atoms with Crippen LogP contribution in [0.1, 0.15) is 41.8 Å². The van der Waals surface area contributed by atoms with E-state index >= 15 is 0 Å². The van der Waals surface area contributed by atoms with Crippen molar-refractivity contribution >= 4 is 17.2 Å². The Labute approximate surface area is 100 Å². The molecule has 1 atom stereocenters. The highest BCUT2D eigenvalue weighted by atomic mass is 32.1. The van der Waals surface area contributed by atoms with E-state index in [4.69, 9.17) is 0 Å². The van der Waals surface area contributed by atoms with Crippen LogP contribution in [0.5, 0.6) is 0 Å². The van der Waals surface area contributed by atoms with Gasteiger partial charge in [-0.05, 0) is 43.0 Å². The molecule has 2 nitrogen and oxygen atoms in total. The summed E-state index contributed by atoms with van der Waals surface area (Å²) in [7, 11) is 0. The van der Waals surface area contributed by atoms with Crippen molar-refractivity contribution in [3.63, 3.8) is 0 Å². The van der Waals surface area contributed by atoms with Gasteiger partial charge in [-0.15, -0.1) is 11.3 Å². The summed E-state index contributed by atoms with van der Waals surface area (Å²) >= 11 is 1.57. The average molecular weight is 235 g/mol. The van der Waals surface area contributed by atoms with Crippen LogP contribution in [0.3, 0.4) is 0 Å². The van der Waals surface area contributed by atoms with E-state index in [1.807, 2.05) is 17.5 Å². The highest BCUT2D eigenvalue weighted by Gasteiger charge is 2.37. The van der Waals surface area contributed by atoms with E-state index in [0.717, 1.165) is 17.3 Å². The van der Waals surface area contributed by atoms with Crippen LogP contribution in [0.25, 0.3) is 0 Å². The number of carbonyl (C=O) groups is 1. The van der Waals surface area contributed by atoms with Gasteiger partial charge >= 0.3 is 0 Å². The number of amides is 1. The van der Waals surface area contributed by atoms with Crippen LogP contribution in [-0.4, -0.2) is 23.4 Å². The number of carbonyl (C=O) groups excluding carboxylic acids is 1. The summed E-state index contributed by atoms with van der Waals surface area (Å²) < 4.78 is 0.